The Bertz CT molecular complexity index is 383. The largest absolute Gasteiger partial charge is 0.496 e. The van der Waals surface area contributed by atoms with Gasteiger partial charge < -0.3 is 4.74 Å². The lowest BCUT2D eigenvalue weighted by atomic mass is 9.80. The van der Waals surface area contributed by atoms with E-state index in [9.17, 15) is 4.79 Å². The molecule has 0 atom stereocenters. The van der Waals surface area contributed by atoms with Gasteiger partial charge in [0.2, 0.25) is 0 Å². The second kappa shape index (κ2) is 4.35. The zero-order valence-corrected chi connectivity index (χ0v) is 10.2. The van der Waals surface area contributed by atoms with Crippen LogP contribution in [0.4, 0.5) is 0 Å². The van der Waals surface area contributed by atoms with E-state index in [-0.39, 0.29) is 11.7 Å². The van der Waals surface area contributed by atoms with Gasteiger partial charge in [-0.3, -0.25) is 4.79 Å². The molecule has 1 fully saturated rings. The number of rotatable bonds is 3. The van der Waals surface area contributed by atoms with E-state index in [1.165, 1.54) is 6.42 Å². The van der Waals surface area contributed by atoms with E-state index in [1.807, 2.05) is 18.2 Å². The van der Waals surface area contributed by atoms with E-state index in [0.717, 1.165) is 28.6 Å². The maximum Gasteiger partial charge on any atom is 0.165 e. The van der Waals surface area contributed by atoms with Gasteiger partial charge in [0.25, 0.3) is 0 Å². The van der Waals surface area contributed by atoms with Crippen LogP contribution in [0.25, 0.3) is 0 Å². The Labute approximate surface area is 97.8 Å². The summed E-state index contributed by atoms with van der Waals surface area (Å²) < 4.78 is 5.97. The van der Waals surface area contributed by atoms with Crippen LogP contribution in [0.2, 0.25) is 0 Å². The first-order chi connectivity index (χ1) is 7.22. The fourth-order valence-corrected chi connectivity index (χ4v) is 2.27. The summed E-state index contributed by atoms with van der Waals surface area (Å²) in [6.07, 6.45) is 3.28. The third-order valence-electron chi connectivity index (χ3n) is 2.91. The number of Topliss-reactive ketones (excluding diaryl/α,β-unsaturated/α-hetero) is 1. The highest BCUT2D eigenvalue weighted by Crippen LogP contribution is 2.32. The summed E-state index contributed by atoms with van der Waals surface area (Å²) in [5, 5.41) is 0. The van der Waals surface area contributed by atoms with Gasteiger partial charge in [-0.1, -0.05) is 6.42 Å². The fraction of sp³-hybridized carbons (Fsp3) is 0.417. The van der Waals surface area contributed by atoms with Crippen LogP contribution in [-0.2, 0) is 0 Å². The van der Waals surface area contributed by atoms with Gasteiger partial charge in [0, 0.05) is 11.5 Å². The molecule has 0 aliphatic heterocycles. The second-order valence-electron chi connectivity index (χ2n) is 3.84. The highest BCUT2D eigenvalue weighted by Gasteiger charge is 2.26. The number of carbonyl (C=O) groups excluding carboxylic acids is 1. The van der Waals surface area contributed by atoms with Crippen LogP contribution >= 0.6 is 15.9 Å². The minimum Gasteiger partial charge on any atom is -0.496 e. The highest BCUT2D eigenvalue weighted by atomic mass is 79.9. The first-order valence-electron chi connectivity index (χ1n) is 5.10. The Balaban J connectivity index is 2.21. The lowest BCUT2D eigenvalue weighted by molar-refractivity contribution is 0.0855. The molecule has 2 rings (SSSR count). The third-order valence-corrected chi connectivity index (χ3v) is 3.53. The number of benzene rings is 1. The molecule has 0 bridgehead atoms. The molecule has 2 nitrogen and oxygen atoms in total. The Morgan fingerprint density at radius 1 is 1.47 bits per heavy atom. The van der Waals surface area contributed by atoms with Gasteiger partial charge in [-0.05, 0) is 47.0 Å². The minimum absolute atomic E-state index is 0.255. The summed E-state index contributed by atoms with van der Waals surface area (Å²) in [5.41, 5.74) is 0.785. The predicted octanol–water partition coefficient (Wildman–Crippen LogP) is 3.44. The Hall–Kier alpha value is -0.830. The Kier molecular flexibility index (Phi) is 3.10. The topological polar surface area (TPSA) is 26.3 Å². The van der Waals surface area contributed by atoms with E-state index in [4.69, 9.17) is 4.74 Å². The fourth-order valence-electron chi connectivity index (χ4n) is 1.73. The Morgan fingerprint density at radius 2 is 2.20 bits per heavy atom. The number of hydrogen-bond donors (Lipinski definition) is 0. The number of ketones is 1. The van der Waals surface area contributed by atoms with Crippen LogP contribution in [-0.4, -0.2) is 12.9 Å². The minimum atomic E-state index is 0.255. The van der Waals surface area contributed by atoms with Gasteiger partial charge >= 0.3 is 0 Å². The van der Waals surface area contributed by atoms with Crippen molar-refractivity contribution in [2.24, 2.45) is 5.92 Å². The molecule has 0 N–H and O–H groups in total. The van der Waals surface area contributed by atoms with Crippen LogP contribution in [0, 0.1) is 5.92 Å². The number of carbonyl (C=O) groups is 1. The van der Waals surface area contributed by atoms with Crippen molar-refractivity contribution in [3.63, 3.8) is 0 Å². The maximum absolute atomic E-state index is 11.9. The second-order valence-corrected chi connectivity index (χ2v) is 4.70. The summed E-state index contributed by atoms with van der Waals surface area (Å²) in [7, 11) is 1.62. The van der Waals surface area contributed by atoms with E-state index in [1.54, 1.807) is 7.11 Å². The molecule has 0 aromatic heterocycles. The van der Waals surface area contributed by atoms with E-state index >= 15 is 0 Å². The van der Waals surface area contributed by atoms with Crippen molar-refractivity contribution in [1.82, 2.24) is 0 Å². The molecular weight excluding hydrogens is 256 g/mol. The zero-order valence-electron chi connectivity index (χ0n) is 8.63. The van der Waals surface area contributed by atoms with Gasteiger partial charge in [0.05, 0.1) is 11.6 Å². The molecule has 1 aromatic carbocycles. The first kappa shape index (κ1) is 10.7. The van der Waals surface area contributed by atoms with Gasteiger partial charge in [0.1, 0.15) is 5.75 Å². The van der Waals surface area contributed by atoms with Crippen LogP contribution < -0.4 is 4.74 Å². The molecule has 0 radical (unpaired) electrons. The summed E-state index contributed by atoms with van der Waals surface area (Å²) in [5.74, 6) is 1.29. The molecule has 0 unspecified atom stereocenters. The van der Waals surface area contributed by atoms with Crippen LogP contribution in [0.1, 0.15) is 29.6 Å². The van der Waals surface area contributed by atoms with E-state index in [0.29, 0.717) is 0 Å². The van der Waals surface area contributed by atoms with Crippen molar-refractivity contribution in [3.8, 4) is 5.75 Å². The molecule has 3 heteroatoms. The molecule has 0 saturated heterocycles. The number of hydrogen-bond acceptors (Lipinski definition) is 2. The van der Waals surface area contributed by atoms with Gasteiger partial charge in [-0.2, -0.15) is 0 Å². The lowest BCUT2D eigenvalue weighted by Crippen LogP contribution is -2.21. The average Bonchev–Trinajstić information content (AvgIpc) is 2.15. The van der Waals surface area contributed by atoms with Gasteiger partial charge in [-0.15, -0.1) is 0 Å². The van der Waals surface area contributed by atoms with Crippen molar-refractivity contribution >= 4 is 21.7 Å². The van der Waals surface area contributed by atoms with Crippen LogP contribution in [0.15, 0.2) is 22.7 Å². The van der Waals surface area contributed by atoms with Crippen LogP contribution in [0.3, 0.4) is 0 Å². The summed E-state index contributed by atoms with van der Waals surface area (Å²) in [4.78, 5) is 11.9. The molecule has 1 aliphatic rings. The quantitative estimate of drug-likeness (QED) is 0.786. The van der Waals surface area contributed by atoms with E-state index in [2.05, 4.69) is 15.9 Å². The number of methoxy groups -OCH3 is 1. The summed E-state index contributed by atoms with van der Waals surface area (Å²) >= 11 is 3.39. The summed E-state index contributed by atoms with van der Waals surface area (Å²) in [6.45, 7) is 0. The molecule has 0 spiro atoms. The van der Waals surface area contributed by atoms with Gasteiger partial charge in [0.15, 0.2) is 5.78 Å². The normalized spacial score (nSPS) is 15.9. The molecule has 1 aromatic rings. The molecule has 15 heavy (non-hydrogen) atoms. The molecule has 0 amide bonds. The smallest absolute Gasteiger partial charge is 0.165 e. The monoisotopic (exact) mass is 268 g/mol. The van der Waals surface area contributed by atoms with Crippen molar-refractivity contribution < 1.29 is 9.53 Å². The molecule has 1 saturated carbocycles. The zero-order chi connectivity index (χ0) is 10.8. The molecule has 0 heterocycles. The van der Waals surface area contributed by atoms with Crippen molar-refractivity contribution in [3.05, 3.63) is 28.2 Å². The van der Waals surface area contributed by atoms with Crippen molar-refractivity contribution in [1.29, 1.82) is 0 Å². The number of halogens is 1. The van der Waals surface area contributed by atoms with Crippen LogP contribution in [0.5, 0.6) is 5.75 Å². The Morgan fingerprint density at radius 3 is 2.67 bits per heavy atom. The predicted molar refractivity (Wildman–Crippen MR) is 62.4 cm³/mol. The maximum atomic E-state index is 11.9. The standard InChI is InChI=1S/C12H13BrO2/c1-15-11-6-5-9(7-10(11)13)12(14)8-3-2-4-8/h5-8H,2-4H2,1H3. The molecule has 1 aliphatic carbocycles. The first-order valence-corrected chi connectivity index (χ1v) is 5.89. The highest BCUT2D eigenvalue weighted by molar-refractivity contribution is 9.10. The number of ether oxygens (including phenoxy) is 1. The van der Waals surface area contributed by atoms with Gasteiger partial charge in [-0.25, -0.2) is 0 Å². The SMILES string of the molecule is COc1ccc(C(=O)C2CCC2)cc1Br. The molecule has 80 valence electrons. The summed E-state index contributed by atoms with van der Waals surface area (Å²) in [6, 6.07) is 5.51. The van der Waals surface area contributed by atoms with Crippen molar-refractivity contribution in [2.75, 3.05) is 7.11 Å². The lowest BCUT2D eigenvalue weighted by Gasteiger charge is -2.23. The van der Waals surface area contributed by atoms with E-state index < -0.39 is 0 Å². The van der Waals surface area contributed by atoms with Crippen molar-refractivity contribution in [2.45, 2.75) is 19.3 Å². The average molecular weight is 269 g/mol. The third kappa shape index (κ3) is 2.07. The molecular formula is C12H13BrO2.